The highest BCUT2D eigenvalue weighted by Gasteiger charge is 2.15. The number of hydrogen-bond acceptors (Lipinski definition) is 6. The van der Waals surface area contributed by atoms with Gasteiger partial charge < -0.3 is 15.0 Å². The van der Waals surface area contributed by atoms with Crippen LogP contribution in [0.25, 0.3) is 22.1 Å². The Morgan fingerprint density at radius 1 is 1.29 bits per heavy atom. The van der Waals surface area contributed by atoms with E-state index in [4.69, 9.17) is 4.74 Å². The van der Waals surface area contributed by atoms with Crippen LogP contribution in [0.5, 0.6) is 5.75 Å². The first-order valence-corrected chi connectivity index (χ1v) is 10.9. The molecule has 2 N–H and O–H groups in total. The molecule has 28 heavy (non-hydrogen) atoms. The third kappa shape index (κ3) is 4.38. The number of benzene rings is 1. The quantitative estimate of drug-likeness (QED) is 0.589. The van der Waals surface area contributed by atoms with Gasteiger partial charge in [-0.15, -0.1) is 10.2 Å². The summed E-state index contributed by atoms with van der Waals surface area (Å²) in [6.45, 7) is 3.35. The van der Waals surface area contributed by atoms with Gasteiger partial charge in [0.05, 0.1) is 12.4 Å². The van der Waals surface area contributed by atoms with E-state index in [-0.39, 0.29) is 5.91 Å². The maximum absolute atomic E-state index is 12.1. The molecule has 0 aliphatic heterocycles. The Kier molecular flexibility index (Phi) is 5.95. The Morgan fingerprint density at radius 2 is 2.14 bits per heavy atom. The zero-order valence-corrected chi connectivity index (χ0v) is 16.8. The standard InChI is InChI=1S/C20H25N5O2S/c1-2-27-14-8-9-16-15(10-14)18-19(22-16)23-20(25-24-18)28-12-17(26)21-11-13-6-4-3-5-7-13/h8-10,13H,2-7,11-12H2,1H3,(H,21,26)(H,22,23,25). The highest BCUT2D eigenvalue weighted by molar-refractivity contribution is 7.99. The van der Waals surface area contributed by atoms with Crippen LogP contribution in [-0.4, -0.2) is 45.0 Å². The zero-order valence-electron chi connectivity index (χ0n) is 16.0. The number of hydrogen-bond donors (Lipinski definition) is 2. The second kappa shape index (κ2) is 8.77. The number of rotatable bonds is 7. The molecular weight excluding hydrogens is 374 g/mol. The summed E-state index contributed by atoms with van der Waals surface area (Å²) >= 11 is 1.31. The average molecular weight is 400 g/mol. The summed E-state index contributed by atoms with van der Waals surface area (Å²) < 4.78 is 5.56. The van der Waals surface area contributed by atoms with Gasteiger partial charge in [0.15, 0.2) is 5.65 Å². The number of aromatic amines is 1. The summed E-state index contributed by atoms with van der Waals surface area (Å²) in [6, 6.07) is 5.82. The van der Waals surface area contributed by atoms with Crippen LogP contribution in [0.15, 0.2) is 23.4 Å². The predicted molar refractivity (Wildman–Crippen MR) is 111 cm³/mol. The number of amides is 1. The van der Waals surface area contributed by atoms with E-state index in [1.165, 1.54) is 43.9 Å². The Labute approximate surface area is 168 Å². The molecule has 1 amide bonds. The molecule has 0 atom stereocenters. The van der Waals surface area contributed by atoms with Crippen molar-refractivity contribution >= 4 is 39.7 Å². The highest BCUT2D eigenvalue weighted by Crippen LogP contribution is 2.27. The van der Waals surface area contributed by atoms with E-state index >= 15 is 0 Å². The van der Waals surface area contributed by atoms with Crippen LogP contribution in [-0.2, 0) is 4.79 Å². The van der Waals surface area contributed by atoms with Crippen LogP contribution in [0.4, 0.5) is 0 Å². The fraction of sp³-hybridized carbons (Fsp3) is 0.500. The van der Waals surface area contributed by atoms with Crippen molar-refractivity contribution in [1.29, 1.82) is 0 Å². The lowest BCUT2D eigenvalue weighted by molar-refractivity contribution is -0.118. The Hall–Kier alpha value is -2.35. The summed E-state index contributed by atoms with van der Waals surface area (Å²) in [5.41, 5.74) is 2.32. The van der Waals surface area contributed by atoms with Crippen molar-refractivity contribution < 1.29 is 9.53 Å². The molecule has 148 valence electrons. The molecule has 1 aliphatic carbocycles. The number of carbonyl (C=O) groups excluding carboxylic acids is 1. The molecule has 0 unspecified atom stereocenters. The summed E-state index contributed by atoms with van der Waals surface area (Å²) in [6.07, 6.45) is 6.34. The summed E-state index contributed by atoms with van der Waals surface area (Å²) in [5.74, 6) is 1.75. The molecule has 2 aromatic heterocycles. The van der Waals surface area contributed by atoms with Crippen molar-refractivity contribution in [3.05, 3.63) is 18.2 Å². The molecule has 1 aromatic carbocycles. The van der Waals surface area contributed by atoms with Gasteiger partial charge in [-0.25, -0.2) is 4.98 Å². The first kappa shape index (κ1) is 19.0. The van der Waals surface area contributed by atoms with Crippen LogP contribution < -0.4 is 10.1 Å². The van der Waals surface area contributed by atoms with Crippen LogP contribution in [0.1, 0.15) is 39.0 Å². The lowest BCUT2D eigenvalue weighted by Gasteiger charge is -2.21. The van der Waals surface area contributed by atoms with Gasteiger partial charge in [-0.3, -0.25) is 4.79 Å². The van der Waals surface area contributed by atoms with Crippen molar-refractivity contribution in [2.45, 2.75) is 44.2 Å². The van der Waals surface area contributed by atoms with Crippen LogP contribution >= 0.6 is 11.8 Å². The fourth-order valence-corrected chi connectivity index (χ4v) is 4.30. The molecule has 1 aliphatic rings. The smallest absolute Gasteiger partial charge is 0.230 e. The van der Waals surface area contributed by atoms with E-state index in [1.807, 2.05) is 25.1 Å². The normalized spacial score (nSPS) is 15.2. The predicted octanol–water partition coefficient (Wildman–Crippen LogP) is 3.69. The molecule has 8 heteroatoms. The van der Waals surface area contributed by atoms with Gasteiger partial charge in [-0.05, 0) is 43.9 Å². The first-order valence-electron chi connectivity index (χ1n) is 9.91. The van der Waals surface area contributed by atoms with Gasteiger partial charge in [0, 0.05) is 17.4 Å². The summed E-state index contributed by atoms with van der Waals surface area (Å²) in [7, 11) is 0. The van der Waals surface area contributed by atoms with E-state index < -0.39 is 0 Å². The zero-order chi connectivity index (χ0) is 19.3. The molecule has 7 nitrogen and oxygen atoms in total. The molecule has 2 heterocycles. The largest absolute Gasteiger partial charge is 0.494 e. The first-order chi connectivity index (χ1) is 13.7. The molecule has 1 fully saturated rings. The minimum absolute atomic E-state index is 0.0253. The van der Waals surface area contributed by atoms with E-state index in [1.54, 1.807) is 0 Å². The lowest BCUT2D eigenvalue weighted by atomic mass is 9.89. The molecule has 0 spiro atoms. The SMILES string of the molecule is CCOc1ccc2[nH]c3nc(SCC(=O)NCC4CCCCC4)nnc3c2c1. The molecule has 0 saturated heterocycles. The lowest BCUT2D eigenvalue weighted by Crippen LogP contribution is -2.31. The fourth-order valence-electron chi connectivity index (χ4n) is 3.68. The van der Waals surface area contributed by atoms with Crippen molar-refractivity contribution in [3.8, 4) is 5.75 Å². The van der Waals surface area contributed by atoms with Crippen LogP contribution in [0, 0.1) is 5.92 Å². The van der Waals surface area contributed by atoms with Crippen molar-refractivity contribution in [2.75, 3.05) is 18.9 Å². The van der Waals surface area contributed by atoms with Gasteiger partial charge >= 0.3 is 0 Å². The van der Waals surface area contributed by atoms with Crippen molar-refractivity contribution in [1.82, 2.24) is 25.5 Å². The Morgan fingerprint density at radius 3 is 2.96 bits per heavy atom. The topological polar surface area (TPSA) is 92.8 Å². The molecule has 4 rings (SSSR count). The summed E-state index contributed by atoms with van der Waals surface area (Å²) in [4.78, 5) is 19.9. The minimum atomic E-state index is 0.0253. The van der Waals surface area contributed by atoms with Gasteiger partial charge in [-0.2, -0.15) is 0 Å². The maximum Gasteiger partial charge on any atom is 0.230 e. The molecule has 0 radical (unpaired) electrons. The minimum Gasteiger partial charge on any atom is -0.494 e. The molecule has 1 saturated carbocycles. The molecule has 3 aromatic rings. The van der Waals surface area contributed by atoms with Crippen molar-refractivity contribution in [3.63, 3.8) is 0 Å². The highest BCUT2D eigenvalue weighted by atomic mass is 32.2. The number of aromatic nitrogens is 4. The number of carbonyl (C=O) groups is 1. The van der Waals surface area contributed by atoms with Gasteiger partial charge in [0.1, 0.15) is 11.3 Å². The number of thioether (sulfide) groups is 1. The van der Waals surface area contributed by atoms with Crippen LogP contribution in [0.2, 0.25) is 0 Å². The third-order valence-corrected chi connectivity index (χ3v) is 5.96. The van der Waals surface area contributed by atoms with Gasteiger partial charge in [0.25, 0.3) is 0 Å². The number of ether oxygens (including phenoxy) is 1. The summed E-state index contributed by atoms with van der Waals surface area (Å²) in [5, 5.41) is 13.0. The van der Waals surface area contributed by atoms with E-state index in [0.29, 0.717) is 34.6 Å². The number of H-pyrrole nitrogens is 1. The number of nitrogens with zero attached hydrogens (tertiary/aromatic N) is 3. The van der Waals surface area contributed by atoms with Gasteiger partial charge in [0.2, 0.25) is 11.1 Å². The third-order valence-electron chi connectivity index (χ3n) is 5.12. The average Bonchev–Trinajstić information content (AvgIpc) is 3.09. The second-order valence-corrected chi connectivity index (χ2v) is 8.10. The van der Waals surface area contributed by atoms with Gasteiger partial charge in [-0.1, -0.05) is 31.0 Å². The molecular formula is C20H25N5O2S. The van der Waals surface area contributed by atoms with E-state index in [9.17, 15) is 4.79 Å². The maximum atomic E-state index is 12.1. The van der Waals surface area contributed by atoms with Crippen LogP contribution in [0.3, 0.4) is 0 Å². The number of fused-ring (bicyclic) bond motifs is 3. The second-order valence-electron chi connectivity index (χ2n) is 7.15. The van der Waals surface area contributed by atoms with E-state index in [2.05, 4.69) is 25.5 Å². The monoisotopic (exact) mass is 399 g/mol. The van der Waals surface area contributed by atoms with Crippen molar-refractivity contribution in [2.24, 2.45) is 5.92 Å². The van der Waals surface area contributed by atoms with E-state index in [0.717, 1.165) is 23.2 Å². The Balaban J connectivity index is 1.38. The molecule has 0 bridgehead atoms. The number of nitrogens with one attached hydrogen (secondary N) is 2. The Bertz CT molecular complexity index is 968.